The van der Waals surface area contributed by atoms with Crippen molar-refractivity contribution < 1.29 is 24.2 Å². The molecule has 164 valence electrons. The fourth-order valence-corrected chi connectivity index (χ4v) is 3.86. The number of hydrogen-bond donors (Lipinski definition) is 2. The van der Waals surface area contributed by atoms with Gasteiger partial charge >= 0.3 is 12.1 Å². The van der Waals surface area contributed by atoms with Crippen molar-refractivity contribution in [3.8, 4) is 11.1 Å². The van der Waals surface area contributed by atoms with Crippen molar-refractivity contribution in [1.29, 1.82) is 0 Å². The van der Waals surface area contributed by atoms with Crippen LogP contribution in [0, 0.1) is 0 Å². The van der Waals surface area contributed by atoms with Crippen LogP contribution in [0.3, 0.4) is 0 Å². The second-order valence-corrected chi connectivity index (χ2v) is 7.74. The van der Waals surface area contributed by atoms with E-state index >= 15 is 0 Å². The van der Waals surface area contributed by atoms with Crippen molar-refractivity contribution in [1.82, 2.24) is 10.2 Å². The third-order valence-corrected chi connectivity index (χ3v) is 5.67. The Bertz CT molecular complexity index is 913. The standard InChI is InChI=1S/C24H28N2O5/c1-3-16(14-22(27)26(2)13-12-23(28)29)25-24(30)31-15-21-19-10-6-4-8-17(19)18-9-5-7-11-20(18)21/h4-11,16,21H,3,12-15H2,1-2H3,(H,25,30)(H,28,29)/t16-/m0/s1. The quantitative estimate of drug-likeness (QED) is 0.641. The Labute approximate surface area is 182 Å². The van der Waals surface area contributed by atoms with Crippen LogP contribution in [0.25, 0.3) is 11.1 Å². The van der Waals surface area contributed by atoms with Crippen LogP contribution in [0.5, 0.6) is 0 Å². The van der Waals surface area contributed by atoms with Gasteiger partial charge in [-0.3, -0.25) is 9.59 Å². The second kappa shape index (κ2) is 10.1. The van der Waals surface area contributed by atoms with E-state index in [0.29, 0.717) is 6.42 Å². The molecule has 0 spiro atoms. The van der Waals surface area contributed by atoms with E-state index in [4.69, 9.17) is 9.84 Å². The lowest BCUT2D eigenvalue weighted by Gasteiger charge is -2.22. The molecule has 0 aliphatic heterocycles. The molecule has 0 unspecified atom stereocenters. The van der Waals surface area contributed by atoms with Crippen LogP contribution in [0.4, 0.5) is 4.79 Å². The Kier molecular flexibility index (Phi) is 7.28. The van der Waals surface area contributed by atoms with Gasteiger partial charge in [-0.05, 0) is 28.7 Å². The van der Waals surface area contributed by atoms with E-state index in [-0.39, 0.29) is 43.9 Å². The van der Waals surface area contributed by atoms with Gasteiger partial charge in [0.25, 0.3) is 0 Å². The summed E-state index contributed by atoms with van der Waals surface area (Å²) in [7, 11) is 1.56. The molecule has 1 atom stereocenters. The summed E-state index contributed by atoms with van der Waals surface area (Å²) >= 11 is 0. The lowest BCUT2D eigenvalue weighted by Crippen LogP contribution is -2.40. The molecule has 0 bridgehead atoms. The molecule has 31 heavy (non-hydrogen) atoms. The Balaban J connectivity index is 1.56. The number of aliphatic carboxylic acids is 1. The minimum Gasteiger partial charge on any atom is -0.481 e. The average Bonchev–Trinajstić information content (AvgIpc) is 3.09. The smallest absolute Gasteiger partial charge is 0.407 e. The summed E-state index contributed by atoms with van der Waals surface area (Å²) in [4.78, 5) is 36.8. The van der Waals surface area contributed by atoms with E-state index in [1.807, 2.05) is 31.2 Å². The monoisotopic (exact) mass is 424 g/mol. The van der Waals surface area contributed by atoms with Crippen molar-refractivity contribution in [2.45, 2.75) is 38.1 Å². The van der Waals surface area contributed by atoms with E-state index in [0.717, 1.165) is 22.3 Å². The van der Waals surface area contributed by atoms with Gasteiger partial charge < -0.3 is 20.1 Å². The fraction of sp³-hybridized carbons (Fsp3) is 0.375. The summed E-state index contributed by atoms with van der Waals surface area (Å²) in [6.07, 6.45) is -0.0204. The highest BCUT2D eigenvalue weighted by Crippen LogP contribution is 2.44. The van der Waals surface area contributed by atoms with Crippen LogP contribution in [-0.4, -0.2) is 54.2 Å². The number of carbonyl (C=O) groups excluding carboxylic acids is 2. The maximum absolute atomic E-state index is 12.4. The first-order chi connectivity index (χ1) is 14.9. The van der Waals surface area contributed by atoms with Gasteiger partial charge in [-0.2, -0.15) is 0 Å². The summed E-state index contributed by atoms with van der Waals surface area (Å²) in [5, 5.41) is 11.5. The zero-order chi connectivity index (χ0) is 22.4. The zero-order valence-electron chi connectivity index (χ0n) is 17.8. The zero-order valence-corrected chi connectivity index (χ0v) is 17.8. The number of carboxylic acids is 1. The van der Waals surface area contributed by atoms with Gasteiger partial charge in [-0.1, -0.05) is 55.5 Å². The molecule has 0 radical (unpaired) electrons. The van der Waals surface area contributed by atoms with Gasteiger partial charge in [0.1, 0.15) is 6.61 Å². The molecule has 0 fully saturated rings. The van der Waals surface area contributed by atoms with Crippen LogP contribution in [-0.2, 0) is 14.3 Å². The summed E-state index contributed by atoms with van der Waals surface area (Å²) in [6.45, 7) is 2.22. The molecule has 0 aromatic heterocycles. The minimum atomic E-state index is -0.955. The number of rotatable bonds is 9. The van der Waals surface area contributed by atoms with Gasteiger partial charge in [0.15, 0.2) is 0 Å². The third kappa shape index (κ3) is 5.42. The molecule has 7 nitrogen and oxygen atoms in total. The van der Waals surface area contributed by atoms with Gasteiger partial charge in [0, 0.05) is 32.0 Å². The summed E-state index contributed by atoms with van der Waals surface area (Å²) in [6, 6.07) is 15.9. The largest absolute Gasteiger partial charge is 0.481 e. The Hall–Kier alpha value is -3.35. The maximum atomic E-state index is 12.4. The third-order valence-electron chi connectivity index (χ3n) is 5.67. The van der Waals surface area contributed by atoms with Crippen LogP contribution in [0.2, 0.25) is 0 Å². The average molecular weight is 424 g/mol. The van der Waals surface area contributed by atoms with Gasteiger partial charge in [0.05, 0.1) is 6.42 Å². The molecule has 7 heteroatoms. The first-order valence-corrected chi connectivity index (χ1v) is 10.5. The van der Waals surface area contributed by atoms with Crippen LogP contribution < -0.4 is 5.32 Å². The Morgan fingerprint density at radius 2 is 1.65 bits per heavy atom. The molecule has 0 saturated heterocycles. The first kappa shape index (κ1) is 22.3. The van der Waals surface area contributed by atoms with Crippen LogP contribution in [0.15, 0.2) is 48.5 Å². The molecule has 1 aliphatic carbocycles. The molecular weight excluding hydrogens is 396 g/mol. The summed E-state index contributed by atoms with van der Waals surface area (Å²) in [5.41, 5.74) is 4.60. The van der Waals surface area contributed by atoms with E-state index in [9.17, 15) is 14.4 Å². The number of ether oxygens (including phenoxy) is 1. The number of hydrogen-bond acceptors (Lipinski definition) is 4. The molecular formula is C24H28N2O5. The van der Waals surface area contributed by atoms with Crippen molar-refractivity contribution in [2.75, 3.05) is 20.2 Å². The number of carbonyl (C=O) groups is 3. The normalized spacial score (nSPS) is 13.1. The molecule has 1 aliphatic rings. The highest BCUT2D eigenvalue weighted by Gasteiger charge is 2.29. The highest BCUT2D eigenvalue weighted by molar-refractivity contribution is 5.80. The topological polar surface area (TPSA) is 95.9 Å². The fourth-order valence-electron chi connectivity index (χ4n) is 3.86. The van der Waals surface area contributed by atoms with Gasteiger partial charge in [0.2, 0.25) is 5.91 Å². The Morgan fingerprint density at radius 3 is 2.19 bits per heavy atom. The second-order valence-electron chi connectivity index (χ2n) is 7.74. The van der Waals surface area contributed by atoms with E-state index in [2.05, 4.69) is 29.6 Å². The number of nitrogens with zero attached hydrogens (tertiary/aromatic N) is 1. The van der Waals surface area contributed by atoms with Gasteiger partial charge in [-0.25, -0.2) is 4.79 Å². The SMILES string of the molecule is CC[C@@H](CC(=O)N(C)CCC(=O)O)NC(=O)OCC1c2ccccc2-c2ccccc21. The van der Waals surface area contributed by atoms with Crippen LogP contribution in [0.1, 0.15) is 43.2 Å². The van der Waals surface area contributed by atoms with Gasteiger partial charge in [-0.15, -0.1) is 0 Å². The predicted molar refractivity (Wildman–Crippen MR) is 117 cm³/mol. The van der Waals surface area contributed by atoms with Crippen LogP contribution >= 0.6 is 0 Å². The molecule has 2 aromatic carbocycles. The van der Waals surface area contributed by atoms with Crippen molar-refractivity contribution in [2.24, 2.45) is 0 Å². The van der Waals surface area contributed by atoms with Crippen molar-refractivity contribution in [3.63, 3.8) is 0 Å². The molecule has 3 rings (SSSR count). The number of benzene rings is 2. The molecule has 0 saturated carbocycles. The van der Waals surface area contributed by atoms with Crippen molar-refractivity contribution >= 4 is 18.0 Å². The lowest BCUT2D eigenvalue weighted by molar-refractivity contribution is -0.138. The van der Waals surface area contributed by atoms with E-state index < -0.39 is 12.1 Å². The summed E-state index contributed by atoms with van der Waals surface area (Å²) < 4.78 is 5.54. The number of amides is 2. The van der Waals surface area contributed by atoms with Crippen molar-refractivity contribution in [3.05, 3.63) is 59.7 Å². The lowest BCUT2D eigenvalue weighted by atomic mass is 9.98. The first-order valence-electron chi connectivity index (χ1n) is 10.5. The molecule has 2 amide bonds. The molecule has 0 heterocycles. The number of fused-ring (bicyclic) bond motifs is 3. The minimum absolute atomic E-state index is 0.0259. The molecule has 2 aromatic rings. The Morgan fingerprint density at radius 1 is 1.06 bits per heavy atom. The number of carboxylic acid groups (broad SMARTS) is 1. The van der Waals surface area contributed by atoms with E-state index in [1.54, 1.807) is 7.05 Å². The van der Waals surface area contributed by atoms with E-state index in [1.165, 1.54) is 4.90 Å². The molecule has 2 N–H and O–H groups in total. The number of nitrogens with one attached hydrogen (secondary N) is 1. The number of alkyl carbamates (subject to hydrolysis) is 1. The summed E-state index contributed by atoms with van der Waals surface area (Å²) in [5.74, 6) is -1.20. The highest BCUT2D eigenvalue weighted by atomic mass is 16.5. The predicted octanol–water partition coefficient (Wildman–Crippen LogP) is 3.63. The maximum Gasteiger partial charge on any atom is 0.407 e.